The van der Waals surface area contributed by atoms with Gasteiger partial charge in [0.1, 0.15) is 5.75 Å². The molecule has 1 aromatic heterocycles. The van der Waals surface area contributed by atoms with Gasteiger partial charge in [-0.3, -0.25) is 0 Å². The fourth-order valence-electron chi connectivity index (χ4n) is 0.916. The first-order valence-electron chi connectivity index (χ1n) is 4.38. The molecular formula is C9H9F3O3S. The van der Waals surface area contributed by atoms with Crippen LogP contribution in [-0.2, 0) is 4.74 Å². The molecule has 0 bridgehead atoms. The van der Waals surface area contributed by atoms with Gasteiger partial charge in [-0.15, -0.1) is 11.3 Å². The lowest BCUT2D eigenvalue weighted by Crippen LogP contribution is -2.19. The molecule has 0 N–H and O–H groups in total. The Morgan fingerprint density at radius 2 is 2.19 bits per heavy atom. The van der Waals surface area contributed by atoms with Crippen molar-refractivity contribution in [3.63, 3.8) is 0 Å². The molecule has 0 saturated heterocycles. The van der Waals surface area contributed by atoms with Crippen molar-refractivity contribution < 1.29 is 27.4 Å². The second-order valence-corrected chi connectivity index (χ2v) is 3.65. The number of carbonyl (C=O) groups excluding carboxylic acids is 1. The standard InChI is InChI=1S/C9H9F3O3S/c1-2-14-8(13)7-6(3-4-16-7)15-5-9(10,11)12/h3-4H,2,5H2,1H3. The minimum Gasteiger partial charge on any atom is -0.482 e. The first-order chi connectivity index (χ1) is 7.44. The summed E-state index contributed by atoms with van der Waals surface area (Å²) in [6, 6.07) is 1.31. The molecule has 0 aliphatic heterocycles. The number of alkyl halides is 3. The van der Waals surface area contributed by atoms with Crippen molar-refractivity contribution >= 4 is 17.3 Å². The highest BCUT2D eigenvalue weighted by atomic mass is 32.1. The third kappa shape index (κ3) is 3.73. The predicted molar refractivity (Wildman–Crippen MR) is 51.8 cm³/mol. The van der Waals surface area contributed by atoms with Crippen LogP contribution in [0.5, 0.6) is 5.75 Å². The molecule has 3 nitrogen and oxygen atoms in total. The van der Waals surface area contributed by atoms with E-state index in [0.29, 0.717) is 0 Å². The zero-order chi connectivity index (χ0) is 12.2. The Balaban J connectivity index is 2.67. The minimum atomic E-state index is -4.42. The van der Waals surface area contributed by atoms with Gasteiger partial charge in [-0.2, -0.15) is 13.2 Å². The zero-order valence-electron chi connectivity index (χ0n) is 8.34. The van der Waals surface area contributed by atoms with E-state index < -0.39 is 18.8 Å². The average Bonchev–Trinajstić information content (AvgIpc) is 2.61. The van der Waals surface area contributed by atoms with E-state index in [2.05, 4.69) is 9.47 Å². The maximum absolute atomic E-state index is 11.9. The Kier molecular flexibility index (Phi) is 4.17. The van der Waals surface area contributed by atoms with Crippen molar-refractivity contribution in [2.24, 2.45) is 0 Å². The van der Waals surface area contributed by atoms with Crippen LogP contribution in [0, 0.1) is 0 Å². The van der Waals surface area contributed by atoms with Gasteiger partial charge in [-0.1, -0.05) is 0 Å². The van der Waals surface area contributed by atoms with Crippen LogP contribution in [0.1, 0.15) is 16.6 Å². The van der Waals surface area contributed by atoms with E-state index in [1.165, 1.54) is 11.4 Å². The summed E-state index contributed by atoms with van der Waals surface area (Å²) in [5.74, 6) is -0.768. The van der Waals surface area contributed by atoms with E-state index >= 15 is 0 Å². The largest absolute Gasteiger partial charge is 0.482 e. The van der Waals surface area contributed by atoms with Crippen LogP contribution < -0.4 is 4.74 Å². The highest BCUT2D eigenvalue weighted by Crippen LogP contribution is 2.27. The number of hydrogen-bond donors (Lipinski definition) is 0. The lowest BCUT2D eigenvalue weighted by atomic mass is 10.4. The topological polar surface area (TPSA) is 35.5 Å². The lowest BCUT2D eigenvalue weighted by Gasteiger charge is -2.09. The first kappa shape index (κ1) is 12.8. The number of halogens is 3. The van der Waals surface area contributed by atoms with Gasteiger partial charge < -0.3 is 9.47 Å². The quantitative estimate of drug-likeness (QED) is 0.775. The SMILES string of the molecule is CCOC(=O)c1sccc1OCC(F)(F)F. The summed E-state index contributed by atoms with van der Waals surface area (Å²) < 4.78 is 44.8. The Morgan fingerprint density at radius 1 is 1.50 bits per heavy atom. The van der Waals surface area contributed by atoms with Gasteiger partial charge in [-0.05, 0) is 18.4 Å². The molecule has 1 rings (SSSR count). The molecule has 0 saturated carbocycles. The van der Waals surface area contributed by atoms with Crippen molar-refractivity contribution in [2.75, 3.05) is 13.2 Å². The Bertz CT molecular complexity index is 359. The van der Waals surface area contributed by atoms with Crippen molar-refractivity contribution in [1.29, 1.82) is 0 Å². The molecule has 0 aromatic carbocycles. The van der Waals surface area contributed by atoms with E-state index in [1.807, 2.05) is 0 Å². The molecule has 16 heavy (non-hydrogen) atoms. The molecule has 0 fully saturated rings. The summed E-state index contributed by atoms with van der Waals surface area (Å²) >= 11 is 0.981. The van der Waals surface area contributed by atoms with Gasteiger partial charge in [0, 0.05) is 0 Å². The minimum absolute atomic E-state index is 0.0473. The fourth-order valence-corrected chi connectivity index (χ4v) is 1.64. The van der Waals surface area contributed by atoms with Crippen LogP contribution in [0.15, 0.2) is 11.4 Å². The molecule has 0 amide bonds. The Hall–Kier alpha value is -1.24. The molecular weight excluding hydrogens is 245 g/mol. The molecule has 7 heteroatoms. The maximum atomic E-state index is 11.9. The second kappa shape index (κ2) is 5.20. The molecule has 0 radical (unpaired) electrons. The van der Waals surface area contributed by atoms with E-state index in [4.69, 9.17) is 0 Å². The van der Waals surface area contributed by atoms with Crippen LogP contribution in [0.4, 0.5) is 13.2 Å². The van der Waals surface area contributed by atoms with Crippen LogP contribution in [0.25, 0.3) is 0 Å². The number of rotatable bonds is 4. The molecule has 90 valence electrons. The smallest absolute Gasteiger partial charge is 0.422 e. The summed E-state index contributed by atoms with van der Waals surface area (Å²) in [4.78, 5) is 11.3. The van der Waals surface area contributed by atoms with E-state index in [9.17, 15) is 18.0 Å². The van der Waals surface area contributed by atoms with Crippen LogP contribution in [0.2, 0.25) is 0 Å². The van der Waals surface area contributed by atoms with Gasteiger partial charge in [0.15, 0.2) is 11.5 Å². The van der Waals surface area contributed by atoms with Crippen LogP contribution in [0.3, 0.4) is 0 Å². The second-order valence-electron chi connectivity index (χ2n) is 2.74. The zero-order valence-corrected chi connectivity index (χ0v) is 9.15. The van der Waals surface area contributed by atoms with Crippen LogP contribution in [-0.4, -0.2) is 25.4 Å². The van der Waals surface area contributed by atoms with Gasteiger partial charge in [0.2, 0.25) is 0 Å². The summed E-state index contributed by atoms with van der Waals surface area (Å²) in [6.45, 7) is 0.354. The molecule has 0 atom stereocenters. The average molecular weight is 254 g/mol. The highest BCUT2D eigenvalue weighted by Gasteiger charge is 2.29. The van der Waals surface area contributed by atoms with Crippen molar-refractivity contribution in [3.8, 4) is 5.75 Å². The lowest BCUT2D eigenvalue weighted by molar-refractivity contribution is -0.153. The van der Waals surface area contributed by atoms with Crippen molar-refractivity contribution in [3.05, 3.63) is 16.3 Å². The normalized spacial score (nSPS) is 11.2. The number of esters is 1. The number of hydrogen-bond acceptors (Lipinski definition) is 4. The summed E-state index contributed by atoms with van der Waals surface area (Å²) in [7, 11) is 0. The van der Waals surface area contributed by atoms with E-state index in [0.717, 1.165) is 11.3 Å². The van der Waals surface area contributed by atoms with Gasteiger partial charge in [0.25, 0.3) is 0 Å². The summed E-state index contributed by atoms with van der Waals surface area (Å²) in [6.07, 6.45) is -4.42. The highest BCUT2D eigenvalue weighted by molar-refractivity contribution is 7.12. The van der Waals surface area contributed by atoms with Gasteiger partial charge in [0.05, 0.1) is 6.61 Å². The molecule has 0 spiro atoms. The number of carbonyl (C=O) groups is 1. The van der Waals surface area contributed by atoms with Crippen LogP contribution >= 0.6 is 11.3 Å². The summed E-state index contributed by atoms with van der Waals surface area (Å²) in [5.41, 5.74) is 0. The third-order valence-corrected chi connectivity index (χ3v) is 2.36. The first-order valence-corrected chi connectivity index (χ1v) is 5.26. The molecule has 1 heterocycles. The number of thiophene rings is 1. The van der Waals surface area contributed by atoms with E-state index in [1.54, 1.807) is 6.92 Å². The number of ether oxygens (including phenoxy) is 2. The van der Waals surface area contributed by atoms with E-state index in [-0.39, 0.29) is 17.2 Å². The van der Waals surface area contributed by atoms with Crippen molar-refractivity contribution in [1.82, 2.24) is 0 Å². The molecule has 1 aromatic rings. The third-order valence-electron chi connectivity index (χ3n) is 1.48. The molecule has 0 aliphatic carbocycles. The van der Waals surface area contributed by atoms with Gasteiger partial charge in [-0.25, -0.2) is 4.79 Å². The van der Waals surface area contributed by atoms with Crippen molar-refractivity contribution in [2.45, 2.75) is 13.1 Å². The molecule has 0 unspecified atom stereocenters. The monoisotopic (exact) mass is 254 g/mol. The summed E-state index contributed by atoms with van der Waals surface area (Å²) in [5, 5.41) is 1.47. The van der Waals surface area contributed by atoms with Gasteiger partial charge >= 0.3 is 12.1 Å². The Labute approximate surface area is 93.8 Å². The predicted octanol–water partition coefficient (Wildman–Crippen LogP) is 2.87. The fraction of sp³-hybridized carbons (Fsp3) is 0.444. The molecule has 0 aliphatic rings. The maximum Gasteiger partial charge on any atom is 0.422 e. The Morgan fingerprint density at radius 3 is 2.75 bits per heavy atom.